The smallest absolute Gasteiger partial charge is 0.348 e. The highest BCUT2D eigenvalue weighted by atomic mass is 35.5. The van der Waals surface area contributed by atoms with E-state index in [1.807, 2.05) is 11.5 Å². The minimum absolute atomic E-state index is 0.0208. The van der Waals surface area contributed by atoms with Gasteiger partial charge in [0.15, 0.2) is 11.0 Å². The molecule has 38 heavy (non-hydrogen) atoms. The van der Waals surface area contributed by atoms with Gasteiger partial charge in [-0.3, -0.25) is 4.79 Å². The first-order chi connectivity index (χ1) is 18.2. The van der Waals surface area contributed by atoms with Crippen LogP contribution in [0, 0.1) is 6.92 Å². The number of halogens is 2. The van der Waals surface area contributed by atoms with E-state index in [2.05, 4.69) is 15.5 Å². The summed E-state index contributed by atoms with van der Waals surface area (Å²) in [6.07, 6.45) is 0. The summed E-state index contributed by atoms with van der Waals surface area (Å²) in [5, 5.41) is 12.7. The number of esters is 2. The number of benzene rings is 1. The maximum atomic E-state index is 12.8. The fraction of sp³-hybridized carbons (Fsp3) is 0.375. The number of rotatable bonds is 12. The Bertz CT molecular complexity index is 1330. The van der Waals surface area contributed by atoms with Gasteiger partial charge in [-0.2, -0.15) is 0 Å². The van der Waals surface area contributed by atoms with Gasteiger partial charge in [-0.15, -0.1) is 21.5 Å². The zero-order valence-electron chi connectivity index (χ0n) is 21.1. The fourth-order valence-electron chi connectivity index (χ4n) is 3.32. The molecule has 10 nitrogen and oxygen atoms in total. The van der Waals surface area contributed by atoms with Crippen molar-refractivity contribution in [1.82, 2.24) is 14.8 Å². The molecule has 0 aliphatic carbocycles. The second-order valence-electron chi connectivity index (χ2n) is 7.54. The van der Waals surface area contributed by atoms with Gasteiger partial charge in [-0.1, -0.05) is 35.0 Å². The molecule has 0 bridgehead atoms. The molecule has 204 valence electrons. The van der Waals surface area contributed by atoms with Crippen LogP contribution in [0.25, 0.3) is 0 Å². The van der Waals surface area contributed by atoms with E-state index in [9.17, 15) is 14.4 Å². The van der Waals surface area contributed by atoms with Crippen molar-refractivity contribution >= 4 is 69.1 Å². The van der Waals surface area contributed by atoms with Gasteiger partial charge in [0.05, 0.1) is 29.6 Å². The third-order valence-electron chi connectivity index (χ3n) is 5.03. The highest BCUT2D eigenvalue weighted by molar-refractivity contribution is 7.99. The highest BCUT2D eigenvalue weighted by Crippen LogP contribution is 2.35. The quantitative estimate of drug-likeness (QED) is 0.208. The maximum absolute atomic E-state index is 12.8. The topological polar surface area (TPSA) is 122 Å². The SMILES string of the molecule is CCOC(=O)c1sc(NC(=O)CSc2nnc(COc3cc(Cl)ccc3Cl)n2CC)c(C(=O)OCC)c1C. The van der Waals surface area contributed by atoms with Gasteiger partial charge in [0, 0.05) is 17.6 Å². The van der Waals surface area contributed by atoms with Gasteiger partial charge >= 0.3 is 11.9 Å². The molecule has 1 N–H and O–H groups in total. The molecule has 0 saturated carbocycles. The zero-order valence-corrected chi connectivity index (χ0v) is 24.3. The maximum Gasteiger partial charge on any atom is 0.348 e. The lowest BCUT2D eigenvalue weighted by atomic mass is 10.1. The van der Waals surface area contributed by atoms with Crippen molar-refractivity contribution in [3.63, 3.8) is 0 Å². The van der Waals surface area contributed by atoms with Gasteiger partial charge in [0.1, 0.15) is 22.2 Å². The first-order valence-electron chi connectivity index (χ1n) is 11.6. The molecular formula is C24H26Cl2N4O6S2. The number of amides is 1. The summed E-state index contributed by atoms with van der Waals surface area (Å²) in [4.78, 5) is 37.9. The standard InChI is InChI=1S/C24H26Cl2N4O6S2/c1-5-30-17(11-36-16-10-14(25)8-9-15(16)26)28-29-24(30)37-12-18(31)27-21-19(22(32)34-6-2)13(4)20(38-21)23(33)35-7-3/h8-10H,5-7,11-12H2,1-4H3,(H,27,31). The Kier molecular flexibility index (Phi) is 10.8. The van der Waals surface area contributed by atoms with Crippen LogP contribution >= 0.6 is 46.3 Å². The highest BCUT2D eigenvalue weighted by Gasteiger charge is 2.27. The number of thiophene rings is 1. The van der Waals surface area contributed by atoms with Gasteiger partial charge < -0.3 is 24.1 Å². The van der Waals surface area contributed by atoms with E-state index >= 15 is 0 Å². The summed E-state index contributed by atoms with van der Waals surface area (Å²) in [5.41, 5.74) is 0.527. The van der Waals surface area contributed by atoms with Gasteiger partial charge in [0.25, 0.3) is 0 Å². The van der Waals surface area contributed by atoms with Crippen LogP contribution < -0.4 is 10.1 Å². The molecule has 2 heterocycles. The van der Waals surface area contributed by atoms with Crippen LogP contribution in [-0.2, 0) is 27.4 Å². The van der Waals surface area contributed by atoms with Crippen LogP contribution in [0.2, 0.25) is 10.0 Å². The number of carbonyl (C=O) groups excluding carboxylic acids is 3. The summed E-state index contributed by atoms with van der Waals surface area (Å²) in [7, 11) is 0. The average molecular weight is 602 g/mol. The third kappa shape index (κ3) is 7.19. The number of ether oxygens (including phenoxy) is 3. The number of nitrogens with one attached hydrogen (secondary N) is 1. The third-order valence-corrected chi connectivity index (χ3v) is 7.73. The summed E-state index contributed by atoms with van der Waals surface area (Å²) >= 11 is 14.3. The van der Waals surface area contributed by atoms with Gasteiger partial charge in [-0.05, 0) is 45.4 Å². The number of aromatic nitrogens is 3. The van der Waals surface area contributed by atoms with Crippen molar-refractivity contribution < 1.29 is 28.6 Å². The second kappa shape index (κ2) is 13.8. The van der Waals surface area contributed by atoms with Crippen molar-refractivity contribution in [3.05, 3.63) is 50.1 Å². The normalized spacial score (nSPS) is 10.8. The molecule has 1 amide bonds. The van der Waals surface area contributed by atoms with E-state index in [-0.39, 0.29) is 41.0 Å². The molecule has 14 heteroatoms. The van der Waals surface area contributed by atoms with Crippen LogP contribution in [0.1, 0.15) is 52.2 Å². The average Bonchev–Trinajstić information content (AvgIpc) is 3.43. The molecule has 3 aromatic rings. The van der Waals surface area contributed by atoms with Crippen LogP contribution in [0.3, 0.4) is 0 Å². The van der Waals surface area contributed by atoms with Gasteiger partial charge in [-0.25, -0.2) is 9.59 Å². The van der Waals surface area contributed by atoms with Crippen LogP contribution in [0.15, 0.2) is 23.4 Å². The second-order valence-corrected chi connectivity index (χ2v) is 10.4. The van der Waals surface area contributed by atoms with Crippen LogP contribution in [-0.4, -0.2) is 51.6 Å². The summed E-state index contributed by atoms with van der Waals surface area (Å²) in [6.45, 7) is 7.86. The Morgan fingerprint density at radius 1 is 1.08 bits per heavy atom. The van der Waals surface area contributed by atoms with E-state index in [0.29, 0.717) is 38.9 Å². The van der Waals surface area contributed by atoms with Crippen molar-refractivity contribution in [1.29, 1.82) is 0 Å². The van der Waals surface area contributed by atoms with E-state index < -0.39 is 17.8 Å². The lowest BCUT2D eigenvalue weighted by Crippen LogP contribution is -2.17. The van der Waals surface area contributed by atoms with E-state index in [1.165, 1.54) is 11.8 Å². The number of hydrogen-bond donors (Lipinski definition) is 1. The summed E-state index contributed by atoms with van der Waals surface area (Å²) in [5.74, 6) is -0.651. The largest absolute Gasteiger partial charge is 0.484 e. The molecule has 2 aromatic heterocycles. The predicted molar refractivity (Wildman–Crippen MR) is 147 cm³/mol. The minimum atomic E-state index is -0.630. The minimum Gasteiger partial charge on any atom is -0.484 e. The molecule has 3 rings (SSSR count). The molecule has 0 radical (unpaired) electrons. The summed E-state index contributed by atoms with van der Waals surface area (Å²) in [6, 6.07) is 4.92. The molecule has 0 aliphatic heterocycles. The lowest BCUT2D eigenvalue weighted by Gasteiger charge is -2.10. The molecule has 0 atom stereocenters. The Hall–Kier alpha value is -2.80. The zero-order chi connectivity index (χ0) is 27.8. The van der Waals surface area contributed by atoms with Crippen molar-refractivity contribution in [2.45, 2.75) is 46.0 Å². The first-order valence-corrected chi connectivity index (χ1v) is 14.2. The molecular weight excluding hydrogens is 575 g/mol. The van der Waals surface area contributed by atoms with Crippen LogP contribution in [0.4, 0.5) is 5.00 Å². The molecule has 0 saturated heterocycles. The van der Waals surface area contributed by atoms with Crippen molar-refractivity contribution in [2.75, 3.05) is 24.3 Å². The van der Waals surface area contributed by atoms with Crippen LogP contribution in [0.5, 0.6) is 5.75 Å². The van der Waals surface area contributed by atoms with Crippen molar-refractivity contribution in [2.24, 2.45) is 0 Å². The Morgan fingerprint density at radius 2 is 1.79 bits per heavy atom. The molecule has 0 spiro atoms. The fourth-order valence-corrected chi connectivity index (χ4v) is 5.58. The van der Waals surface area contributed by atoms with E-state index in [0.717, 1.165) is 11.3 Å². The number of thioether (sulfide) groups is 1. The summed E-state index contributed by atoms with van der Waals surface area (Å²) < 4.78 is 17.8. The number of carbonyl (C=O) groups is 3. The molecule has 0 aliphatic rings. The Morgan fingerprint density at radius 3 is 2.47 bits per heavy atom. The predicted octanol–water partition coefficient (Wildman–Crippen LogP) is 5.64. The monoisotopic (exact) mass is 600 g/mol. The number of anilines is 1. The molecule has 0 fully saturated rings. The Labute approximate surface area is 237 Å². The van der Waals surface area contributed by atoms with E-state index in [1.54, 1.807) is 39.0 Å². The van der Waals surface area contributed by atoms with E-state index in [4.69, 9.17) is 37.4 Å². The first kappa shape index (κ1) is 29.8. The molecule has 0 unspecified atom stereocenters. The van der Waals surface area contributed by atoms with Gasteiger partial charge in [0.2, 0.25) is 5.91 Å². The lowest BCUT2D eigenvalue weighted by molar-refractivity contribution is -0.113. The number of nitrogens with zero attached hydrogens (tertiary/aromatic N) is 3. The van der Waals surface area contributed by atoms with Crippen molar-refractivity contribution in [3.8, 4) is 5.75 Å². The molecule has 1 aromatic carbocycles. The number of hydrogen-bond acceptors (Lipinski definition) is 10. The Balaban J connectivity index is 1.70.